The van der Waals surface area contributed by atoms with Gasteiger partial charge in [0.05, 0.1) is 22.7 Å². The molecule has 138 valence electrons. The molecule has 0 aliphatic carbocycles. The normalized spacial score (nSPS) is 10.3. The first-order valence-electron chi connectivity index (χ1n) is 8.00. The molecule has 1 heterocycles. The van der Waals surface area contributed by atoms with Gasteiger partial charge in [-0.1, -0.05) is 11.6 Å². The summed E-state index contributed by atoms with van der Waals surface area (Å²) < 4.78 is 10.9. The third-order valence-corrected chi connectivity index (χ3v) is 4.04. The van der Waals surface area contributed by atoms with E-state index in [-0.39, 0.29) is 10.7 Å². The van der Waals surface area contributed by atoms with Crippen molar-refractivity contribution in [2.24, 2.45) is 0 Å². The average Bonchev–Trinajstić information content (AvgIpc) is 2.68. The summed E-state index contributed by atoms with van der Waals surface area (Å²) in [5.41, 5.74) is 1.48. The highest BCUT2D eigenvalue weighted by molar-refractivity contribution is 6.33. The molecule has 1 aromatic heterocycles. The van der Waals surface area contributed by atoms with E-state index in [1.165, 1.54) is 12.1 Å². The van der Waals surface area contributed by atoms with Gasteiger partial charge in [-0.3, -0.25) is 10.1 Å². The highest BCUT2D eigenvalue weighted by Crippen LogP contribution is 2.27. The number of anilines is 1. The third-order valence-electron chi connectivity index (χ3n) is 3.73. The van der Waals surface area contributed by atoms with Gasteiger partial charge < -0.3 is 14.8 Å². The zero-order valence-electron chi connectivity index (χ0n) is 14.4. The Labute approximate surface area is 160 Å². The molecule has 0 atom stereocenters. The lowest BCUT2D eigenvalue weighted by molar-refractivity contribution is -0.384. The molecule has 3 aromatic rings. The van der Waals surface area contributed by atoms with E-state index in [0.717, 1.165) is 11.3 Å². The summed E-state index contributed by atoms with van der Waals surface area (Å²) in [5.74, 6) is 1.84. The Morgan fingerprint density at radius 1 is 1.11 bits per heavy atom. The standard InChI is InChI=1S/C19H16ClN3O4/c1-26-15-3-5-16(6-4-15)27-19-10-13(8-9-21-19)12-22-18-7-2-14(23(24)25)11-17(18)20/h2-11,22H,12H2,1H3. The number of hydrogen-bond acceptors (Lipinski definition) is 6. The summed E-state index contributed by atoms with van der Waals surface area (Å²) in [5, 5.41) is 14.2. The number of nitrogens with one attached hydrogen (secondary N) is 1. The van der Waals surface area contributed by atoms with Crippen LogP contribution in [0.3, 0.4) is 0 Å². The molecule has 0 saturated carbocycles. The zero-order chi connectivity index (χ0) is 19.2. The minimum Gasteiger partial charge on any atom is -0.497 e. The monoisotopic (exact) mass is 385 g/mol. The minimum absolute atomic E-state index is 0.0513. The van der Waals surface area contributed by atoms with Crippen molar-refractivity contribution in [3.63, 3.8) is 0 Å². The second-order valence-corrected chi connectivity index (χ2v) is 5.96. The lowest BCUT2D eigenvalue weighted by Gasteiger charge is -2.10. The predicted octanol–water partition coefficient (Wildman–Crippen LogP) is 5.06. The molecule has 0 aliphatic rings. The largest absolute Gasteiger partial charge is 0.497 e. The molecule has 0 fully saturated rings. The maximum atomic E-state index is 10.8. The van der Waals surface area contributed by atoms with Crippen molar-refractivity contribution in [1.82, 2.24) is 4.98 Å². The molecule has 1 N–H and O–H groups in total. The fourth-order valence-electron chi connectivity index (χ4n) is 2.34. The smallest absolute Gasteiger partial charge is 0.271 e. The minimum atomic E-state index is -0.485. The van der Waals surface area contributed by atoms with E-state index in [9.17, 15) is 10.1 Å². The van der Waals surface area contributed by atoms with Crippen molar-refractivity contribution in [3.05, 3.63) is 81.5 Å². The number of rotatable bonds is 7. The van der Waals surface area contributed by atoms with Gasteiger partial charge >= 0.3 is 0 Å². The molecular weight excluding hydrogens is 370 g/mol. The van der Waals surface area contributed by atoms with Gasteiger partial charge in [0.25, 0.3) is 5.69 Å². The van der Waals surface area contributed by atoms with Crippen LogP contribution in [-0.4, -0.2) is 17.0 Å². The fourth-order valence-corrected chi connectivity index (χ4v) is 2.58. The zero-order valence-corrected chi connectivity index (χ0v) is 15.1. The van der Waals surface area contributed by atoms with Gasteiger partial charge in [-0.05, 0) is 42.0 Å². The Hall–Kier alpha value is -3.32. The molecule has 0 unspecified atom stereocenters. The van der Waals surface area contributed by atoms with Crippen molar-refractivity contribution in [1.29, 1.82) is 0 Å². The molecule has 0 amide bonds. The van der Waals surface area contributed by atoms with Crippen LogP contribution in [0.1, 0.15) is 5.56 Å². The Morgan fingerprint density at radius 3 is 2.52 bits per heavy atom. The van der Waals surface area contributed by atoms with Gasteiger partial charge in [0.2, 0.25) is 5.88 Å². The Bertz CT molecular complexity index is 948. The van der Waals surface area contributed by atoms with E-state index in [1.54, 1.807) is 49.7 Å². The van der Waals surface area contributed by atoms with Crippen molar-refractivity contribution >= 4 is 23.0 Å². The van der Waals surface area contributed by atoms with Crippen LogP contribution in [0.25, 0.3) is 0 Å². The molecule has 3 rings (SSSR count). The highest BCUT2D eigenvalue weighted by atomic mass is 35.5. The number of methoxy groups -OCH3 is 1. The number of nitro benzene ring substituents is 1. The average molecular weight is 386 g/mol. The predicted molar refractivity (Wildman–Crippen MR) is 103 cm³/mol. The first-order chi connectivity index (χ1) is 13.0. The van der Waals surface area contributed by atoms with Crippen LogP contribution in [0, 0.1) is 10.1 Å². The number of aromatic nitrogens is 1. The maximum absolute atomic E-state index is 10.8. The van der Waals surface area contributed by atoms with Crippen LogP contribution < -0.4 is 14.8 Å². The van der Waals surface area contributed by atoms with E-state index >= 15 is 0 Å². The van der Waals surface area contributed by atoms with E-state index < -0.39 is 4.92 Å². The van der Waals surface area contributed by atoms with Crippen molar-refractivity contribution < 1.29 is 14.4 Å². The molecule has 0 aliphatic heterocycles. The van der Waals surface area contributed by atoms with E-state index in [1.807, 2.05) is 6.07 Å². The summed E-state index contributed by atoms with van der Waals surface area (Å²) in [6.07, 6.45) is 1.65. The molecule has 0 bridgehead atoms. The van der Waals surface area contributed by atoms with Crippen LogP contribution in [0.5, 0.6) is 17.4 Å². The maximum Gasteiger partial charge on any atom is 0.271 e. The molecule has 0 spiro atoms. The lowest BCUT2D eigenvalue weighted by atomic mass is 10.2. The van der Waals surface area contributed by atoms with Crippen LogP contribution in [0.15, 0.2) is 60.8 Å². The number of benzene rings is 2. The molecule has 7 nitrogen and oxygen atoms in total. The number of hydrogen-bond donors (Lipinski definition) is 1. The topological polar surface area (TPSA) is 86.5 Å². The van der Waals surface area contributed by atoms with Gasteiger partial charge in [-0.25, -0.2) is 4.98 Å². The molecule has 27 heavy (non-hydrogen) atoms. The summed E-state index contributed by atoms with van der Waals surface area (Å²) in [6, 6.07) is 15.1. The van der Waals surface area contributed by atoms with Crippen molar-refractivity contribution in [2.45, 2.75) is 6.54 Å². The van der Waals surface area contributed by atoms with Crippen LogP contribution in [0.2, 0.25) is 5.02 Å². The van der Waals surface area contributed by atoms with E-state index in [4.69, 9.17) is 21.1 Å². The number of pyridine rings is 1. The fraction of sp³-hybridized carbons (Fsp3) is 0.105. The molecule has 2 aromatic carbocycles. The summed E-state index contributed by atoms with van der Waals surface area (Å²) in [7, 11) is 1.60. The second-order valence-electron chi connectivity index (χ2n) is 5.55. The summed E-state index contributed by atoms with van der Waals surface area (Å²) in [4.78, 5) is 14.5. The highest BCUT2D eigenvalue weighted by Gasteiger charge is 2.09. The molecule has 8 heteroatoms. The van der Waals surface area contributed by atoms with Crippen LogP contribution >= 0.6 is 11.6 Å². The third kappa shape index (κ3) is 4.86. The SMILES string of the molecule is COc1ccc(Oc2cc(CNc3ccc([N+](=O)[O-])cc3Cl)ccn2)cc1. The Morgan fingerprint density at radius 2 is 1.85 bits per heavy atom. The van der Waals surface area contributed by atoms with Crippen molar-refractivity contribution in [3.8, 4) is 17.4 Å². The van der Waals surface area contributed by atoms with Gasteiger partial charge in [0, 0.05) is 30.9 Å². The number of halogens is 1. The lowest BCUT2D eigenvalue weighted by Crippen LogP contribution is -2.01. The first kappa shape index (κ1) is 18.5. The number of ether oxygens (including phenoxy) is 2. The second kappa shape index (κ2) is 8.37. The Balaban J connectivity index is 1.66. The van der Waals surface area contributed by atoms with Crippen LogP contribution in [0.4, 0.5) is 11.4 Å². The molecular formula is C19H16ClN3O4. The summed E-state index contributed by atoms with van der Waals surface area (Å²) in [6.45, 7) is 0.457. The Kier molecular flexibility index (Phi) is 5.73. The molecule has 0 saturated heterocycles. The van der Waals surface area contributed by atoms with Crippen molar-refractivity contribution in [2.75, 3.05) is 12.4 Å². The van der Waals surface area contributed by atoms with E-state index in [2.05, 4.69) is 10.3 Å². The number of nitrogens with zero attached hydrogens (tertiary/aromatic N) is 2. The van der Waals surface area contributed by atoms with Gasteiger partial charge in [0.15, 0.2) is 0 Å². The molecule has 0 radical (unpaired) electrons. The first-order valence-corrected chi connectivity index (χ1v) is 8.37. The van der Waals surface area contributed by atoms with Gasteiger partial charge in [0.1, 0.15) is 11.5 Å². The van der Waals surface area contributed by atoms with E-state index in [0.29, 0.717) is 23.9 Å². The van der Waals surface area contributed by atoms with Crippen LogP contribution in [-0.2, 0) is 6.54 Å². The van der Waals surface area contributed by atoms with Gasteiger partial charge in [-0.2, -0.15) is 0 Å². The summed E-state index contributed by atoms with van der Waals surface area (Å²) >= 11 is 6.09. The quantitative estimate of drug-likeness (QED) is 0.452. The number of non-ortho nitro benzene ring substituents is 1. The van der Waals surface area contributed by atoms with Gasteiger partial charge in [-0.15, -0.1) is 0 Å². The number of nitro groups is 1.